The predicted octanol–water partition coefficient (Wildman–Crippen LogP) is 5.37. The van der Waals surface area contributed by atoms with Crippen molar-refractivity contribution < 1.29 is 18.3 Å². The average molecular weight is 347 g/mol. The highest BCUT2D eigenvalue weighted by Crippen LogP contribution is 2.42. The number of hydrogen-bond donors (Lipinski definition) is 1. The Balaban J connectivity index is 2.02. The standard InChI is InChI=1S/C16H21ClF2N2O2/c1-15(2,3)23-14(22)21-13-8-12(17)11(9-20-13)10-4-6-16(18,19)7-5-10/h8-10H,4-7H2,1-3H3,(H,20,21,22). The molecule has 0 aliphatic heterocycles. The van der Waals surface area contributed by atoms with Crippen LogP contribution in [0.3, 0.4) is 0 Å². The molecular formula is C16H21ClF2N2O2. The zero-order valence-electron chi connectivity index (χ0n) is 13.5. The van der Waals surface area contributed by atoms with E-state index in [2.05, 4.69) is 10.3 Å². The van der Waals surface area contributed by atoms with Gasteiger partial charge in [-0.15, -0.1) is 0 Å². The van der Waals surface area contributed by atoms with Crippen molar-refractivity contribution in [1.82, 2.24) is 4.98 Å². The Hall–Kier alpha value is -1.43. The van der Waals surface area contributed by atoms with E-state index in [4.69, 9.17) is 16.3 Å². The number of rotatable bonds is 2. The summed E-state index contributed by atoms with van der Waals surface area (Å²) in [5, 5.41) is 2.92. The van der Waals surface area contributed by atoms with Gasteiger partial charge in [-0.1, -0.05) is 11.6 Å². The zero-order chi connectivity index (χ0) is 17.3. The van der Waals surface area contributed by atoms with Crippen LogP contribution in [-0.4, -0.2) is 22.6 Å². The molecule has 1 N–H and O–H groups in total. The summed E-state index contributed by atoms with van der Waals surface area (Å²) in [6, 6.07) is 1.52. The van der Waals surface area contributed by atoms with Crippen LogP contribution in [0.25, 0.3) is 0 Å². The molecule has 7 heteroatoms. The number of pyridine rings is 1. The number of nitrogens with one attached hydrogen (secondary N) is 1. The molecule has 1 aliphatic rings. The number of aromatic nitrogens is 1. The molecule has 0 radical (unpaired) electrons. The summed E-state index contributed by atoms with van der Waals surface area (Å²) in [5.74, 6) is -2.33. The van der Waals surface area contributed by atoms with Crippen molar-refractivity contribution in [3.8, 4) is 0 Å². The Labute approximate surface area is 139 Å². The van der Waals surface area contributed by atoms with Crippen LogP contribution >= 0.6 is 11.6 Å². The minimum atomic E-state index is -2.57. The monoisotopic (exact) mass is 346 g/mol. The second kappa shape index (κ2) is 6.59. The topological polar surface area (TPSA) is 51.2 Å². The second-order valence-corrected chi connectivity index (χ2v) is 7.26. The number of amides is 1. The zero-order valence-corrected chi connectivity index (χ0v) is 14.2. The lowest BCUT2D eigenvalue weighted by atomic mass is 9.83. The van der Waals surface area contributed by atoms with Crippen LogP contribution in [0.4, 0.5) is 19.4 Å². The van der Waals surface area contributed by atoms with Gasteiger partial charge in [0.05, 0.1) is 0 Å². The molecule has 1 fully saturated rings. The van der Waals surface area contributed by atoms with Crippen LogP contribution in [0, 0.1) is 0 Å². The van der Waals surface area contributed by atoms with E-state index in [9.17, 15) is 13.6 Å². The maximum absolute atomic E-state index is 13.2. The van der Waals surface area contributed by atoms with Crippen molar-refractivity contribution in [3.63, 3.8) is 0 Å². The van der Waals surface area contributed by atoms with Crippen molar-refractivity contribution in [2.75, 3.05) is 5.32 Å². The Kier molecular flexibility index (Phi) is 5.14. The highest BCUT2D eigenvalue weighted by molar-refractivity contribution is 6.31. The van der Waals surface area contributed by atoms with Gasteiger partial charge in [0.15, 0.2) is 0 Å². The molecule has 128 valence electrons. The van der Waals surface area contributed by atoms with Crippen molar-refractivity contribution in [3.05, 3.63) is 22.8 Å². The van der Waals surface area contributed by atoms with E-state index in [1.165, 1.54) is 6.07 Å². The molecule has 1 aromatic rings. The second-order valence-electron chi connectivity index (χ2n) is 6.85. The number of anilines is 1. The van der Waals surface area contributed by atoms with Crippen LogP contribution in [0.15, 0.2) is 12.3 Å². The summed E-state index contributed by atoms with van der Waals surface area (Å²) in [7, 11) is 0. The minimum absolute atomic E-state index is 0.0230. The summed E-state index contributed by atoms with van der Waals surface area (Å²) in [5.41, 5.74) is 0.137. The van der Waals surface area contributed by atoms with E-state index < -0.39 is 17.6 Å². The van der Waals surface area contributed by atoms with Crippen LogP contribution in [0.5, 0.6) is 0 Å². The third-order valence-electron chi connectivity index (χ3n) is 3.67. The Morgan fingerprint density at radius 1 is 1.39 bits per heavy atom. The number of ether oxygens (including phenoxy) is 1. The molecule has 0 aromatic carbocycles. The van der Waals surface area contributed by atoms with Crippen LogP contribution in [0.2, 0.25) is 5.02 Å². The first-order chi connectivity index (χ1) is 10.6. The average Bonchev–Trinajstić information content (AvgIpc) is 2.37. The van der Waals surface area contributed by atoms with Gasteiger partial charge in [-0.25, -0.2) is 18.6 Å². The van der Waals surface area contributed by atoms with Crippen molar-refractivity contribution in [1.29, 1.82) is 0 Å². The first kappa shape index (κ1) is 17.9. The van der Waals surface area contributed by atoms with E-state index in [1.54, 1.807) is 27.0 Å². The van der Waals surface area contributed by atoms with Crippen LogP contribution < -0.4 is 5.32 Å². The quantitative estimate of drug-likeness (QED) is 0.782. The van der Waals surface area contributed by atoms with Gasteiger partial charge >= 0.3 is 6.09 Å². The lowest BCUT2D eigenvalue weighted by Crippen LogP contribution is -2.27. The molecule has 0 bridgehead atoms. The number of hydrogen-bond acceptors (Lipinski definition) is 3. The molecular weight excluding hydrogens is 326 g/mol. The highest BCUT2D eigenvalue weighted by Gasteiger charge is 2.36. The lowest BCUT2D eigenvalue weighted by molar-refractivity contribution is -0.0382. The smallest absolute Gasteiger partial charge is 0.413 e. The third-order valence-corrected chi connectivity index (χ3v) is 4.00. The van der Waals surface area contributed by atoms with Gasteiger partial charge in [0, 0.05) is 24.1 Å². The van der Waals surface area contributed by atoms with Crippen LogP contribution in [0.1, 0.15) is 57.9 Å². The predicted molar refractivity (Wildman–Crippen MR) is 85.3 cm³/mol. The van der Waals surface area contributed by atoms with Crippen molar-refractivity contribution >= 4 is 23.5 Å². The summed E-state index contributed by atoms with van der Waals surface area (Å²) in [4.78, 5) is 15.8. The maximum Gasteiger partial charge on any atom is 0.413 e. The molecule has 1 saturated carbocycles. The van der Waals surface area contributed by atoms with Gasteiger partial charge in [-0.2, -0.15) is 0 Å². The maximum atomic E-state index is 13.2. The number of alkyl halides is 2. The molecule has 23 heavy (non-hydrogen) atoms. The molecule has 0 spiro atoms. The van der Waals surface area contributed by atoms with Crippen molar-refractivity contribution in [2.45, 2.75) is 63.9 Å². The Bertz CT molecular complexity index is 578. The fraction of sp³-hybridized carbons (Fsp3) is 0.625. The molecule has 1 aromatic heterocycles. The Morgan fingerprint density at radius 2 is 2.00 bits per heavy atom. The Morgan fingerprint density at radius 3 is 2.52 bits per heavy atom. The van der Waals surface area contributed by atoms with Gasteiger partial charge in [-0.3, -0.25) is 5.32 Å². The molecule has 4 nitrogen and oxygen atoms in total. The lowest BCUT2D eigenvalue weighted by Gasteiger charge is -2.28. The number of carbonyl (C=O) groups is 1. The summed E-state index contributed by atoms with van der Waals surface area (Å²) < 4.78 is 31.6. The summed E-state index contributed by atoms with van der Waals surface area (Å²) in [6.45, 7) is 5.28. The molecule has 0 saturated heterocycles. The normalized spacial score (nSPS) is 18.5. The van der Waals surface area contributed by atoms with E-state index in [0.717, 1.165) is 5.56 Å². The van der Waals surface area contributed by atoms with E-state index in [-0.39, 0.29) is 24.6 Å². The molecule has 1 amide bonds. The fourth-order valence-corrected chi connectivity index (χ4v) is 2.88. The van der Waals surface area contributed by atoms with Crippen molar-refractivity contribution in [2.24, 2.45) is 0 Å². The van der Waals surface area contributed by atoms with Crippen LogP contribution in [-0.2, 0) is 4.74 Å². The minimum Gasteiger partial charge on any atom is -0.444 e. The van der Waals surface area contributed by atoms with Gasteiger partial charge in [-0.05, 0) is 51.2 Å². The summed E-state index contributed by atoms with van der Waals surface area (Å²) >= 11 is 6.23. The van der Waals surface area contributed by atoms with E-state index in [1.807, 2.05) is 0 Å². The molecule has 2 rings (SSSR count). The largest absolute Gasteiger partial charge is 0.444 e. The van der Waals surface area contributed by atoms with Gasteiger partial charge in [0.1, 0.15) is 11.4 Å². The molecule has 1 heterocycles. The molecule has 1 aliphatic carbocycles. The first-order valence-electron chi connectivity index (χ1n) is 7.59. The van der Waals surface area contributed by atoms with E-state index in [0.29, 0.717) is 17.9 Å². The highest BCUT2D eigenvalue weighted by atomic mass is 35.5. The summed E-state index contributed by atoms with van der Waals surface area (Å²) in [6.07, 6.45) is 1.42. The molecule has 0 atom stereocenters. The first-order valence-corrected chi connectivity index (χ1v) is 7.97. The third kappa shape index (κ3) is 5.30. The van der Waals surface area contributed by atoms with Gasteiger partial charge < -0.3 is 4.74 Å². The number of halogens is 3. The van der Waals surface area contributed by atoms with Gasteiger partial charge in [0.25, 0.3) is 0 Å². The number of nitrogens with zero attached hydrogens (tertiary/aromatic N) is 1. The van der Waals surface area contributed by atoms with Gasteiger partial charge in [0.2, 0.25) is 5.92 Å². The number of carbonyl (C=O) groups excluding carboxylic acids is 1. The van der Waals surface area contributed by atoms with E-state index >= 15 is 0 Å². The SMILES string of the molecule is CC(C)(C)OC(=O)Nc1cc(Cl)c(C2CCC(F)(F)CC2)cn1. The fourth-order valence-electron chi connectivity index (χ4n) is 2.57. The molecule has 0 unspecified atom stereocenters.